The first kappa shape index (κ1) is 15.7. The van der Waals surface area contributed by atoms with Gasteiger partial charge in [0, 0.05) is 5.56 Å². The average molecular weight is 303 g/mol. The first-order chi connectivity index (χ1) is 10.2. The van der Waals surface area contributed by atoms with Gasteiger partial charge in [0.25, 0.3) is 0 Å². The Balaban J connectivity index is 2.31. The van der Waals surface area contributed by atoms with Crippen molar-refractivity contribution in [3.63, 3.8) is 0 Å². The lowest BCUT2D eigenvalue weighted by atomic mass is 10.1. The number of rotatable bonds is 7. The van der Waals surface area contributed by atoms with Gasteiger partial charge >= 0.3 is 0 Å². The van der Waals surface area contributed by atoms with Crippen LogP contribution in [0.1, 0.15) is 17.3 Å². The number of halogens is 1. The van der Waals surface area contributed by atoms with Gasteiger partial charge in [-0.1, -0.05) is 48.5 Å². The van der Waals surface area contributed by atoms with Crippen LogP contribution in [0.25, 0.3) is 0 Å². The molecule has 2 nitrogen and oxygen atoms in total. The van der Waals surface area contributed by atoms with Crippen molar-refractivity contribution in [1.82, 2.24) is 4.48 Å². The second-order valence-electron chi connectivity index (χ2n) is 5.16. The summed E-state index contributed by atoms with van der Waals surface area (Å²) in [7, 11) is 0. The topological polar surface area (TPSA) is 17.1 Å². The van der Waals surface area contributed by atoms with Gasteiger partial charge in [-0.3, -0.25) is 9.28 Å². The Morgan fingerprint density at radius 2 is 1.57 bits per heavy atom. The van der Waals surface area contributed by atoms with E-state index in [0.717, 1.165) is 24.3 Å². The Morgan fingerprint density at radius 1 is 1.00 bits per heavy atom. The lowest BCUT2D eigenvalue weighted by Crippen LogP contribution is -2.53. The van der Waals surface area contributed by atoms with E-state index >= 15 is 0 Å². The van der Waals surface area contributed by atoms with Crippen molar-refractivity contribution < 1.29 is 4.79 Å². The molecule has 0 radical (unpaired) electrons. The van der Waals surface area contributed by atoms with Crippen molar-refractivity contribution in [3.05, 3.63) is 66.2 Å². The molecule has 0 saturated heterocycles. The molecular formula is C18H21ClNO+. The van der Waals surface area contributed by atoms with Gasteiger partial charge < -0.3 is 0 Å². The Kier molecular flexibility index (Phi) is 5.54. The molecule has 110 valence electrons. The van der Waals surface area contributed by atoms with Crippen molar-refractivity contribution in [2.24, 2.45) is 0 Å². The molecule has 0 fully saturated rings. The summed E-state index contributed by atoms with van der Waals surface area (Å²) in [5.74, 6) is 0.691. The highest BCUT2D eigenvalue weighted by atomic mass is 35.5. The maximum atomic E-state index is 12.6. The number of ketones is 1. The Morgan fingerprint density at radius 3 is 2.10 bits per heavy atom. The minimum atomic E-state index is 0.159. The number of carbonyl (C=O) groups is 1. The van der Waals surface area contributed by atoms with E-state index in [-0.39, 0.29) is 5.78 Å². The van der Waals surface area contributed by atoms with Crippen molar-refractivity contribution in [3.8, 4) is 0 Å². The molecule has 0 spiro atoms. The van der Waals surface area contributed by atoms with Gasteiger partial charge in [0.15, 0.2) is 0 Å². The number of para-hydroxylation sites is 1. The number of nitrogens with zero attached hydrogens (tertiary/aromatic N) is 1. The van der Waals surface area contributed by atoms with Crippen molar-refractivity contribution in [2.45, 2.75) is 6.92 Å². The summed E-state index contributed by atoms with van der Waals surface area (Å²) in [5, 5.41) is 0. The van der Waals surface area contributed by atoms with E-state index in [1.165, 1.54) is 0 Å². The molecule has 0 amide bonds. The molecule has 21 heavy (non-hydrogen) atoms. The van der Waals surface area contributed by atoms with E-state index in [1.807, 2.05) is 48.5 Å². The van der Waals surface area contributed by atoms with Gasteiger partial charge in [0.05, 0.1) is 19.0 Å². The summed E-state index contributed by atoms with van der Waals surface area (Å²) >= 11 is 6.02. The maximum Gasteiger partial charge on any atom is 0.217 e. The summed E-state index contributed by atoms with van der Waals surface area (Å²) in [6, 6.07) is 19.6. The number of quaternary nitrogens is 1. The Bertz CT molecular complexity index is 570. The van der Waals surface area contributed by atoms with Crippen LogP contribution >= 0.6 is 11.6 Å². The summed E-state index contributed by atoms with van der Waals surface area (Å²) in [4.78, 5) is 12.6. The van der Waals surface area contributed by atoms with E-state index in [2.05, 4.69) is 19.1 Å². The number of benzene rings is 2. The second-order valence-corrected chi connectivity index (χ2v) is 5.53. The molecule has 0 saturated carbocycles. The van der Waals surface area contributed by atoms with E-state index in [9.17, 15) is 4.79 Å². The van der Waals surface area contributed by atoms with Crippen molar-refractivity contribution >= 4 is 23.1 Å². The highest BCUT2D eigenvalue weighted by Gasteiger charge is 2.31. The third-order valence-electron chi connectivity index (χ3n) is 3.96. The van der Waals surface area contributed by atoms with Crippen LogP contribution in [0.3, 0.4) is 0 Å². The van der Waals surface area contributed by atoms with Gasteiger partial charge in [-0.2, -0.15) is 0 Å². The molecule has 0 bridgehead atoms. The molecule has 0 aliphatic heterocycles. The zero-order valence-corrected chi connectivity index (χ0v) is 13.1. The smallest absolute Gasteiger partial charge is 0.217 e. The van der Waals surface area contributed by atoms with Crippen LogP contribution in [0.5, 0.6) is 0 Å². The molecule has 2 aromatic carbocycles. The lowest BCUT2D eigenvalue weighted by Gasteiger charge is -2.36. The monoisotopic (exact) mass is 302 g/mol. The molecule has 0 aliphatic carbocycles. The Labute approximate surface area is 131 Å². The maximum absolute atomic E-state index is 12.6. The molecule has 1 unspecified atom stereocenters. The highest BCUT2D eigenvalue weighted by molar-refractivity contribution is 6.18. The minimum absolute atomic E-state index is 0.159. The van der Waals surface area contributed by atoms with Crippen LogP contribution in [-0.2, 0) is 0 Å². The normalized spacial score (nSPS) is 13.6. The standard InChI is InChI=1S/C18H21ClNO/c1-2-20(14-13-19,17-11-7-4-8-12-17)15-18(21)16-9-5-3-6-10-16/h3-12H,2,13-15H2,1H3/q+1. The molecule has 2 rings (SSSR count). The number of Topliss-reactive ketones (excluding diaryl/α,β-unsaturated/α-hetero) is 1. The van der Waals surface area contributed by atoms with Crippen LogP contribution in [0, 0.1) is 0 Å². The van der Waals surface area contributed by atoms with E-state index in [0.29, 0.717) is 16.9 Å². The van der Waals surface area contributed by atoms with E-state index in [4.69, 9.17) is 11.6 Å². The van der Waals surface area contributed by atoms with Crippen LogP contribution in [0.2, 0.25) is 0 Å². The number of likely N-dealkylation sites (N-methyl/N-ethyl adjacent to an activating group) is 1. The molecule has 3 heteroatoms. The quantitative estimate of drug-likeness (QED) is 0.427. The van der Waals surface area contributed by atoms with Crippen LogP contribution in [0.4, 0.5) is 5.69 Å². The summed E-state index contributed by atoms with van der Waals surface area (Å²) in [5.41, 5.74) is 1.91. The van der Waals surface area contributed by atoms with Crippen molar-refractivity contribution in [2.75, 3.05) is 25.5 Å². The highest BCUT2D eigenvalue weighted by Crippen LogP contribution is 2.23. The first-order valence-electron chi connectivity index (χ1n) is 7.28. The van der Waals surface area contributed by atoms with Crippen LogP contribution in [0.15, 0.2) is 60.7 Å². The molecule has 0 heterocycles. The molecule has 2 aromatic rings. The summed E-state index contributed by atoms with van der Waals surface area (Å²) in [6.45, 7) is 4.14. The fourth-order valence-corrected chi connectivity index (χ4v) is 2.97. The largest absolute Gasteiger partial charge is 0.288 e. The van der Waals surface area contributed by atoms with Gasteiger partial charge in [0.2, 0.25) is 5.78 Å². The molecule has 0 N–H and O–H groups in total. The average Bonchev–Trinajstić information content (AvgIpc) is 2.56. The lowest BCUT2D eigenvalue weighted by molar-refractivity contribution is 0.0940. The number of carbonyl (C=O) groups excluding carboxylic acids is 1. The zero-order valence-electron chi connectivity index (χ0n) is 12.3. The Hall–Kier alpha value is -1.64. The summed E-state index contributed by atoms with van der Waals surface area (Å²) in [6.07, 6.45) is 0. The summed E-state index contributed by atoms with van der Waals surface area (Å²) < 4.78 is 0.595. The van der Waals surface area contributed by atoms with Crippen LogP contribution < -0.4 is 4.48 Å². The van der Waals surface area contributed by atoms with Gasteiger partial charge in [-0.15, -0.1) is 11.6 Å². The van der Waals surface area contributed by atoms with E-state index in [1.54, 1.807) is 0 Å². The first-order valence-corrected chi connectivity index (χ1v) is 7.81. The van der Waals surface area contributed by atoms with Gasteiger partial charge in [-0.05, 0) is 19.1 Å². The number of hydrogen-bond donors (Lipinski definition) is 0. The second kappa shape index (κ2) is 7.39. The molecular weight excluding hydrogens is 282 g/mol. The molecule has 0 aromatic heterocycles. The number of hydrogen-bond acceptors (Lipinski definition) is 1. The van der Waals surface area contributed by atoms with Crippen molar-refractivity contribution in [1.29, 1.82) is 0 Å². The minimum Gasteiger partial charge on any atom is -0.288 e. The third kappa shape index (κ3) is 3.72. The van der Waals surface area contributed by atoms with Gasteiger partial charge in [-0.25, -0.2) is 0 Å². The van der Waals surface area contributed by atoms with E-state index < -0.39 is 0 Å². The molecule has 1 atom stereocenters. The predicted molar refractivity (Wildman–Crippen MR) is 90.0 cm³/mol. The predicted octanol–water partition coefficient (Wildman–Crippen LogP) is 4.14. The fourth-order valence-electron chi connectivity index (χ4n) is 2.65. The zero-order chi connectivity index (χ0) is 15.1. The number of alkyl halides is 1. The SMILES string of the molecule is CC[N+](CCCl)(CC(=O)c1ccccc1)c1ccccc1. The molecule has 0 aliphatic rings. The fraction of sp³-hybridized carbons (Fsp3) is 0.278. The van der Waals surface area contributed by atoms with Gasteiger partial charge in [0.1, 0.15) is 12.2 Å². The third-order valence-corrected chi connectivity index (χ3v) is 4.13. The van der Waals surface area contributed by atoms with Crippen LogP contribution in [-0.4, -0.2) is 31.3 Å².